The number of aromatic amines is 2. The molecule has 6 rings (SSSR count). The minimum atomic E-state index is -0.296. The van der Waals surface area contributed by atoms with E-state index in [1.165, 1.54) is 76.6 Å². The minimum Gasteiger partial charge on any atom is -0.496 e. The number of likely N-dealkylation sites (tertiary alicyclic amines) is 2. The molecule has 8 nitrogen and oxygen atoms in total. The first-order chi connectivity index (χ1) is 19.6. The second kappa shape index (κ2) is 12.3. The van der Waals surface area contributed by atoms with E-state index < -0.39 is 0 Å². The van der Waals surface area contributed by atoms with Crippen molar-refractivity contribution in [3.63, 3.8) is 0 Å². The Balaban J connectivity index is 1.09. The molecule has 1 aromatic carbocycles. The average molecular weight is 545 g/mol. The molecule has 4 heterocycles. The van der Waals surface area contributed by atoms with Crippen molar-refractivity contribution in [3.8, 4) is 5.75 Å². The number of methoxy groups -OCH3 is 1. The summed E-state index contributed by atoms with van der Waals surface area (Å²) >= 11 is 0. The van der Waals surface area contributed by atoms with E-state index >= 15 is 0 Å². The van der Waals surface area contributed by atoms with Gasteiger partial charge in [0.1, 0.15) is 17.4 Å². The summed E-state index contributed by atoms with van der Waals surface area (Å²) < 4.78 is 5.78. The molecule has 0 radical (unpaired) electrons. The molecule has 0 unspecified atom stereocenters. The molecule has 2 aliphatic heterocycles. The third-order valence-corrected chi connectivity index (χ3v) is 9.76. The monoisotopic (exact) mass is 544 g/mol. The molecule has 0 bridgehead atoms. The van der Waals surface area contributed by atoms with Crippen LogP contribution in [0.3, 0.4) is 0 Å². The number of ketones is 1. The summed E-state index contributed by atoms with van der Waals surface area (Å²) in [5, 5.41) is 0. The van der Waals surface area contributed by atoms with Gasteiger partial charge in [0, 0.05) is 62.7 Å². The predicted octanol–water partition coefficient (Wildman–Crippen LogP) is 5.05. The zero-order chi connectivity index (χ0) is 27.4. The lowest BCUT2D eigenvalue weighted by molar-refractivity contribution is 0.0615. The van der Waals surface area contributed by atoms with Crippen molar-refractivity contribution >= 4 is 5.78 Å². The number of rotatable bonds is 10. The van der Waals surface area contributed by atoms with Gasteiger partial charge >= 0.3 is 0 Å². The van der Waals surface area contributed by atoms with Gasteiger partial charge in [-0.15, -0.1) is 0 Å². The number of carbonyl (C=O) groups is 1. The molecule has 2 N–H and O–H groups in total. The van der Waals surface area contributed by atoms with Crippen LogP contribution in [0.4, 0.5) is 0 Å². The Kier molecular flexibility index (Phi) is 8.35. The number of ether oxygens (including phenoxy) is 1. The molecule has 3 aromatic rings. The van der Waals surface area contributed by atoms with E-state index in [9.17, 15) is 4.79 Å². The lowest BCUT2D eigenvalue weighted by atomic mass is 9.77. The van der Waals surface area contributed by atoms with Gasteiger partial charge in [-0.25, -0.2) is 9.97 Å². The lowest BCUT2D eigenvalue weighted by Gasteiger charge is -2.43. The number of hydrogen-bond acceptors (Lipinski definition) is 6. The molecule has 40 heavy (non-hydrogen) atoms. The molecular formula is C32H44N6O2. The summed E-state index contributed by atoms with van der Waals surface area (Å²) in [6.45, 7) is 5.80. The highest BCUT2D eigenvalue weighted by atomic mass is 16.5. The van der Waals surface area contributed by atoms with Gasteiger partial charge in [0.05, 0.1) is 12.7 Å². The maximum absolute atomic E-state index is 13.8. The van der Waals surface area contributed by atoms with Crippen LogP contribution in [0.15, 0.2) is 43.0 Å². The van der Waals surface area contributed by atoms with E-state index in [2.05, 4.69) is 41.9 Å². The van der Waals surface area contributed by atoms with Crippen molar-refractivity contribution in [1.82, 2.24) is 29.7 Å². The highest BCUT2D eigenvalue weighted by Crippen LogP contribution is 2.42. The Hall–Kier alpha value is -2.97. The van der Waals surface area contributed by atoms with Gasteiger partial charge < -0.3 is 19.6 Å². The van der Waals surface area contributed by atoms with Crippen molar-refractivity contribution in [2.75, 3.05) is 33.3 Å². The topological polar surface area (TPSA) is 90.1 Å². The molecule has 8 heteroatoms. The van der Waals surface area contributed by atoms with Crippen molar-refractivity contribution in [1.29, 1.82) is 0 Å². The Labute approximate surface area is 237 Å². The van der Waals surface area contributed by atoms with Crippen molar-refractivity contribution in [2.45, 2.75) is 76.8 Å². The molecule has 0 atom stereocenters. The molecule has 3 aliphatic rings. The third-order valence-electron chi connectivity index (χ3n) is 9.76. The summed E-state index contributed by atoms with van der Waals surface area (Å²) in [6, 6.07) is 6.99. The maximum Gasteiger partial charge on any atom is 0.170 e. The fourth-order valence-corrected chi connectivity index (χ4v) is 7.44. The second-order valence-electron chi connectivity index (χ2n) is 12.4. The van der Waals surface area contributed by atoms with Crippen LogP contribution in [0.25, 0.3) is 0 Å². The third kappa shape index (κ3) is 6.18. The number of aromatic nitrogens is 4. The van der Waals surface area contributed by atoms with Gasteiger partial charge in [-0.1, -0.05) is 25.3 Å². The molecule has 1 aliphatic carbocycles. The largest absolute Gasteiger partial charge is 0.496 e. The number of nitrogens with zero attached hydrogens (tertiary/aromatic N) is 4. The first-order valence-corrected chi connectivity index (χ1v) is 15.2. The highest BCUT2D eigenvalue weighted by Gasteiger charge is 2.41. The Bertz CT molecular complexity index is 1190. The first kappa shape index (κ1) is 27.2. The number of imidazole rings is 2. The molecular weight excluding hydrogens is 500 g/mol. The maximum atomic E-state index is 13.8. The molecule has 2 aromatic heterocycles. The van der Waals surface area contributed by atoms with E-state index in [4.69, 9.17) is 4.74 Å². The van der Waals surface area contributed by atoms with Crippen molar-refractivity contribution in [3.05, 3.63) is 65.8 Å². The average Bonchev–Trinajstić information content (AvgIpc) is 3.77. The Morgan fingerprint density at radius 3 is 2.30 bits per heavy atom. The fourth-order valence-electron chi connectivity index (χ4n) is 7.44. The van der Waals surface area contributed by atoms with Crippen molar-refractivity contribution < 1.29 is 9.53 Å². The predicted molar refractivity (Wildman–Crippen MR) is 155 cm³/mol. The molecule has 2 saturated heterocycles. The van der Waals surface area contributed by atoms with Crippen LogP contribution in [0.2, 0.25) is 0 Å². The zero-order valence-corrected chi connectivity index (χ0v) is 23.9. The smallest absolute Gasteiger partial charge is 0.170 e. The van der Waals surface area contributed by atoms with E-state index in [1.807, 2.05) is 6.07 Å². The number of benzene rings is 1. The standard InChI is InChI=1S/C32H44N6O2/c1-40-28-19-24(22-37-16-9-32(23-37)10-17-38(18-11-32)26-5-3-2-4-6-26)7-8-27(28)31(39)25(20-29-33-12-13-34-29)21-30-35-14-15-36-30/h7-8,12-15,19,25-26H,2-6,9-11,16-18,20-23H2,1H3,(H,33,34)(H,35,36). The van der Waals surface area contributed by atoms with Crippen LogP contribution >= 0.6 is 0 Å². The number of H-pyrrole nitrogens is 2. The summed E-state index contributed by atoms with van der Waals surface area (Å²) in [4.78, 5) is 34.2. The molecule has 3 fully saturated rings. The number of hydrogen-bond donors (Lipinski definition) is 2. The Morgan fingerprint density at radius 2 is 1.68 bits per heavy atom. The lowest BCUT2D eigenvalue weighted by Crippen LogP contribution is -2.46. The van der Waals surface area contributed by atoms with Crippen LogP contribution in [0.1, 0.15) is 78.9 Å². The zero-order valence-electron chi connectivity index (χ0n) is 23.9. The molecule has 1 spiro atoms. The summed E-state index contributed by atoms with van der Waals surface area (Å²) in [6.07, 6.45) is 19.1. The minimum absolute atomic E-state index is 0.0565. The Morgan fingerprint density at radius 1 is 1.00 bits per heavy atom. The van der Waals surface area contributed by atoms with E-state index in [0.29, 0.717) is 29.6 Å². The van der Waals surface area contributed by atoms with Gasteiger partial charge in [-0.2, -0.15) is 0 Å². The van der Waals surface area contributed by atoms with Gasteiger partial charge in [0.15, 0.2) is 5.78 Å². The van der Waals surface area contributed by atoms with E-state index in [0.717, 1.165) is 30.8 Å². The van der Waals surface area contributed by atoms with Gasteiger partial charge in [-0.3, -0.25) is 9.69 Å². The number of Topliss-reactive ketones (excluding diaryl/α,β-unsaturated/α-hetero) is 1. The first-order valence-electron chi connectivity index (χ1n) is 15.2. The van der Waals surface area contributed by atoms with Crippen LogP contribution in [0.5, 0.6) is 5.75 Å². The number of carbonyl (C=O) groups excluding carboxylic acids is 1. The number of piperidine rings is 1. The van der Waals surface area contributed by atoms with Crippen LogP contribution in [-0.2, 0) is 19.4 Å². The highest BCUT2D eigenvalue weighted by molar-refractivity contribution is 6.00. The van der Waals surface area contributed by atoms with Crippen LogP contribution < -0.4 is 4.74 Å². The summed E-state index contributed by atoms with van der Waals surface area (Å²) in [7, 11) is 1.66. The normalized spacial score (nSPS) is 20.4. The molecule has 0 amide bonds. The van der Waals surface area contributed by atoms with Crippen LogP contribution in [-0.4, -0.2) is 74.8 Å². The second-order valence-corrected chi connectivity index (χ2v) is 12.4. The molecule has 214 valence electrons. The summed E-state index contributed by atoms with van der Waals surface area (Å²) in [5.41, 5.74) is 2.32. The van der Waals surface area contributed by atoms with E-state index in [1.54, 1.807) is 31.9 Å². The quantitative estimate of drug-likeness (QED) is 0.348. The van der Waals surface area contributed by atoms with Gasteiger partial charge in [0.25, 0.3) is 0 Å². The van der Waals surface area contributed by atoms with E-state index in [-0.39, 0.29) is 11.7 Å². The fraction of sp³-hybridized carbons (Fsp3) is 0.594. The molecule has 1 saturated carbocycles. The van der Waals surface area contributed by atoms with Gasteiger partial charge in [0.2, 0.25) is 0 Å². The van der Waals surface area contributed by atoms with Gasteiger partial charge in [-0.05, 0) is 74.8 Å². The number of nitrogens with one attached hydrogen (secondary N) is 2. The SMILES string of the molecule is COc1cc(CN2CCC3(CCN(C4CCCCC4)CC3)C2)ccc1C(=O)C(Cc1ncc[nH]1)Cc1ncc[nH]1. The summed E-state index contributed by atoms with van der Waals surface area (Å²) in [5.74, 6) is 2.01. The van der Waals surface area contributed by atoms with Crippen LogP contribution in [0, 0.1) is 11.3 Å². The van der Waals surface area contributed by atoms with Crippen molar-refractivity contribution in [2.24, 2.45) is 11.3 Å².